The summed E-state index contributed by atoms with van der Waals surface area (Å²) < 4.78 is 5.15. The highest BCUT2D eigenvalue weighted by atomic mass is 16.6. The summed E-state index contributed by atoms with van der Waals surface area (Å²) in [6, 6.07) is 0.543. The van der Waals surface area contributed by atoms with Gasteiger partial charge in [0.15, 0.2) is 0 Å². The van der Waals surface area contributed by atoms with Crippen LogP contribution in [0, 0.1) is 0 Å². The summed E-state index contributed by atoms with van der Waals surface area (Å²) >= 11 is 0. The van der Waals surface area contributed by atoms with Gasteiger partial charge in [0.25, 0.3) is 0 Å². The molecule has 0 aliphatic carbocycles. The minimum absolute atomic E-state index is 0.138. The standard InChI is InChI=1S/C10H20N2O2/c1-7(8-5-6-11-8)12-9(13)14-10(2,3)4/h7-8,11H,5-6H2,1-4H3,(H,12,13). The molecule has 1 heterocycles. The monoisotopic (exact) mass is 200 g/mol. The van der Waals surface area contributed by atoms with Crippen LogP contribution in [0.4, 0.5) is 4.79 Å². The summed E-state index contributed by atoms with van der Waals surface area (Å²) in [5.41, 5.74) is -0.420. The largest absolute Gasteiger partial charge is 0.444 e. The van der Waals surface area contributed by atoms with Crippen molar-refractivity contribution in [2.24, 2.45) is 0 Å². The normalized spacial score (nSPS) is 23.6. The fourth-order valence-corrected chi connectivity index (χ4v) is 1.33. The van der Waals surface area contributed by atoms with Gasteiger partial charge in [0, 0.05) is 12.1 Å². The minimum atomic E-state index is -0.420. The SMILES string of the molecule is CC(NC(=O)OC(C)(C)C)C1CCN1. The Morgan fingerprint density at radius 1 is 1.57 bits per heavy atom. The molecule has 0 bridgehead atoms. The summed E-state index contributed by atoms with van der Waals surface area (Å²) in [5.74, 6) is 0. The molecule has 14 heavy (non-hydrogen) atoms. The van der Waals surface area contributed by atoms with E-state index in [1.807, 2.05) is 27.7 Å². The fourth-order valence-electron chi connectivity index (χ4n) is 1.33. The van der Waals surface area contributed by atoms with Crippen LogP contribution >= 0.6 is 0 Å². The molecule has 82 valence electrons. The maximum absolute atomic E-state index is 11.4. The predicted molar refractivity (Wildman–Crippen MR) is 55.2 cm³/mol. The lowest BCUT2D eigenvalue weighted by Crippen LogP contribution is -2.56. The van der Waals surface area contributed by atoms with E-state index in [2.05, 4.69) is 10.6 Å². The maximum Gasteiger partial charge on any atom is 0.407 e. The number of ether oxygens (including phenoxy) is 1. The van der Waals surface area contributed by atoms with Crippen LogP contribution in [0.25, 0.3) is 0 Å². The molecule has 0 saturated carbocycles. The van der Waals surface area contributed by atoms with Crippen molar-refractivity contribution < 1.29 is 9.53 Å². The summed E-state index contributed by atoms with van der Waals surface area (Å²) in [6.07, 6.45) is 0.787. The van der Waals surface area contributed by atoms with Crippen molar-refractivity contribution >= 4 is 6.09 Å². The van der Waals surface area contributed by atoms with Crippen LogP contribution in [0.3, 0.4) is 0 Å². The lowest BCUT2D eigenvalue weighted by atomic mass is 10.0. The average Bonchev–Trinajstić information content (AvgIpc) is 1.75. The van der Waals surface area contributed by atoms with Crippen molar-refractivity contribution in [3.8, 4) is 0 Å². The van der Waals surface area contributed by atoms with E-state index in [-0.39, 0.29) is 12.1 Å². The van der Waals surface area contributed by atoms with E-state index in [1.165, 1.54) is 0 Å². The van der Waals surface area contributed by atoms with E-state index >= 15 is 0 Å². The van der Waals surface area contributed by atoms with Gasteiger partial charge in [-0.2, -0.15) is 0 Å². The number of hydrogen-bond acceptors (Lipinski definition) is 3. The zero-order valence-corrected chi connectivity index (χ0v) is 9.39. The van der Waals surface area contributed by atoms with Crippen LogP contribution in [0.1, 0.15) is 34.1 Å². The Kier molecular flexibility index (Phi) is 3.37. The van der Waals surface area contributed by atoms with Crippen molar-refractivity contribution in [1.82, 2.24) is 10.6 Å². The molecule has 4 heteroatoms. The lowest BCUT2D eigenvalue weighted by molar-refractivity contribution is 0.0488. The van der Waals surface area contributed by atoms with E-state index in [9.17, 15) is 4.79 Å². The van der Waals surface area contributed by atoms with Crippen molar-refractivity contribution in [3.05, 3.63) is 0 Å². The molecule has 1 amide bonds. The Hall–Kier alpha value is -0.770. The topological polar surface area (TPSA) is 50.4 Å². The fraction of sp³-hybridized carbons (Fsp3) is 0.900. The molecule has 0 aromatic rings. The average molecular weight is 200 g/mol. The molecule has 4 nitrogen and oxygen atoms in total. The summed E-state index contributed by atoms with van der Waals surface area (Å²) in [7, 11) is 0. The molecule has 2 unspecified atom stereocenters. The Labute approximate surface area is 85.4 Å². The van der Waals surface area contributed by atoms with Crippen molar-refractivity contribution in [3.63, 3.8) is 0 Å². The lowest BCUT2D eigenvalue weighted by Gasteiger charge is -2.33. The first kappa shape index (κ1) is 11.3. The predicted octanol–water partition coefficient (Wildman–Crippen LogP) is 1.26. The molecule has 0 spiro atoms. The number of hydrogen-bond donors (Lipinski definition) is 2. The Morgan fingerprint density at radius 3 is 2.50 bits per heavy atom. The van der Waals surface area contributed by atoms with Crippen molar-refractivity contribution in [2.75, 3.05) is 6.54 Å². The maximum atomic E-state index is 11.4. The van der Waals surface area contributed by atoms with Gasteiger partial charge in [0.1, 0.15) is 5.60 Å². The third-order valence-corrected chi connectivity index (χ3v) is 2.21. The second-order valence-electron chi connectivity index (χ2n) is 4.78. The van der Waals surface area contributed by atoms with Gasteiger partial charge in [0.2, 0.25) is 0 Å². The Morgan fingerprint density at radius 2 is 2.14 bits per heavy atom. The Bertz CT molecular complexity index is 207. The third kappa shape index (κ3) is 3.54. The molecule has 0 aromatic heterocycles. The van der Waals surface area contributed by atoms with Crippen LogP contribution in [-0.2, 0) is 4.74 Å². The van der Waals surface area contributed by atoms with E-state index in [0.29, 0.717) is 6.04 Å². The highest BCUT2D eigenvalue weighted by Crippen LogP contribution is 2.09. The third-order valence-electron chi connectivity index (χ3n) is 2.21. The van der Waals surface area contributed by atoms with Crippen molar-refractivity contribution in [1.29, 1.82) is 0 Å². The van der Waals surface area contributed by atoms with Crippen LogP contribution in [-0.4, -0.2) is 30.3 Å². The Balaban J connectivity index is 2.25. The van der Waals surface area contributed by atoms with Gasteiger partial charge in [0.05, 0.1) is 0 Å². The molecule has 2 atom stereocenters. The van der Waals surface area contributed by atoms with Crippen molar-refractivity contribution in [2.45, 2.75) is 51.8 Å². The molecule has 0 aromatic carbocycles. The number of alkyl carbamates (subject to hydrolysis) is 1. The number of nitrogens with one attached hydrogen (secondary N) is 2. The van der Waals surface area contributed by atoms with Crippen LogP contribution < -0.4 is 10.6 Å². The smallest absolute Gasteiger partial charge is 0.407 e. The quantitative estimate of drug-likeness (QED) is 0.705. The summed E-state index contributed by atoms with van der Waals surface area (Å²) in [5, 5.41) is 6.06. The van der Waals surface area contributed by atoms with Gasteiger partial charge in [-0.25, -0.2) is 4.79 Å². The highest BCUT2D eigenvalue weighted by molar-refractivity contribution is 5.68. The molecule has 2 N–H and O–H groups in total. The van der Waals surface area contributed by atoms with E-state index in [4.69, 9.17) is 4.74 Å². The second kappa shape index (κ2) is 4.17. The van der Waals surface area contributed by atoms with Crippen LogP contribution in [0.15, 0.2) is 0 Å². The molecule has 1 fully saturated rings. The van der Waals surface area contributed by atoms with E-state index < -0.39 is 5.60 Å². The highest BCUT2D eigenvalue weighted by Gasteiger charge is 2.26. The molecular formula is C10H20N2O2. The second-order valence-corrected chi connectivity index (χ2v) is 4.78. The number of rotatable bonds is 2. The molecule has 1 aliphatic heterocycles. The first-order valence-corrected chi connectivity index (χ1v) is 5.11. The van der Waals surface area contributed by atoms with Gasteiger partial charge >= 0.3 is 6.09 Å². The number of carbonyl (C=O) groups is 1. The molecule has 0 radical (unpaired) electrons. The molecular weight excluding hydrogens is 180 g/mol. The van der Waals surface area contributed by atoms with E-state index in [0.717, 1.165) is 13.0 Å². The molecule has 1 aliphatic rings. The zero-order valence-electron chi connectivity index (χ0n) is 9.39. The zero-order chi connectivity index (χ0) is 10.8. The molecule has 1 saturated heterocycles. The van der Waals surface area contributed by atoms with E-state index in [1.54, 1.807) is 0 Å². The summed E-state index contributed by atoms with van der Waals surface area (Å²) in [6.45, 7) is 8.61. The van der Waals surface area contributed by atoms with Crippen LogP contribution in [0.5, 0.6) is 0 Å². The first-order valence-electron chi connectivity index (χ1n) is 5.11. The van der Waals surface area contributed by atoms with Gasteiger partial charge in [-0.15, -0.1) is 0 Å². The van der Waals surface area contributed by atoms with Gasteiger partial charge < -0.3 is 15.4 Å². The number of carbonyl (C=O) groups excluding carboxylic acids is 1. The first-order chi connectivity index (χ1) is 6.38. The van der Waals surface area contributed by atoms with Gasteiger partial charge in [-0.1, -0.05) is 0 Å². The number of amides is 1. The van der Waals surface area contributed by atoms with Gasteiger partial charge in [-0.3, -0.25) is 0 Å². The molecule has 1 rings (SSSR count). The minimum Gasteiger partial charge on any atom is -0.444 e. The van der Waals surface area contributed by atoms with Gasteiger partial charge in [-0.05, 0) is 40.7 Å². The van der Waals surface area contributed by atoms with Crippen LogP contribution in [0.2, 0.25) is 0 Å². The summed E-state index contributed by atoms with van der Waals surface area (Å²) in [4.78, 5) is 11.4.